The number of carboxylic acid groups (broad SMARTS) is 1. The Bertz CT molecular complexity index is 401. The van der Waals surface area contributed by atoms with Gasteiger partial charge in [-0.25, -0.2) is 4.79 Å². The first kappa shape index (κ1) is 12.2. The minimum atomic E-state index is -1.22. The van der Waals surface area contributed by atoms with E-state index in [0.29, 0.717) is 5.56 Å². The average molecular weight is 223 g/mol. The number of phenols is 1. The van der Waals surface area contributed by atoms with Crippen molar-refractivity contribution >= 4 is 12.2 Å². The van der Waals surface area contributed by atoms with Gasteiger partial charge in [-0.3, -0.25) is 4.99 Å². The summed E-state index contributed by atoms with van der Waals surface area (Å²) < 4.78 is 0. The van der Waals surface area contributed by atoms with Crippen molar-refractivity contribution in [3.8, 4) is 5.75 Å². The third-order valence-corrected chi connectivity index (χ3v) is 2.02. The molecule has 2 atom stereocenters. The fraction of sp³-hybridized carbons (Fsp3) is 0.273. The largest absolute Gasteiger partial charge is 0.507 e. The van der Waals surface area contributed by atoms with Crippen LogP contribution in [0.5, 0.6) is 5.75 Å². The van der Waals surface area contributed by atoms with Gasteiger partial charge in [0.2, 0.25) is 0 Å². The van der Waals surface area contributed by atoms with Crippen molar-refractivity contribution in [2.75, 3.05) is 0 Å². The molecule has 0 bridgehead atoms. The first-order chi connectivity index (χ1) is 7.52. The van der Waals surface area contributed by atoms with E-state index in [1.165, 1.54) is 19.2 Å². The summed E-state index contributed by atoms with van der Waals surface area (Å²) in [4.78, 5) is 14.4. The SMILES string of the molecule is C[C@H](O)[C@H](N=Cc1ccccc1O)C(=O)O. The molecular weight excluding hydrogens is 210 g/mol. The number of phenolic OH excluding ortho intramolecular Hbond substituents is 1. The number of aromatic hydroxyl groups is 1. The summed E-state index contributed by atoms with van der Waals surface area (Å²) in [5.74, 6) is -1.19. The zero-order valence-electron chi connectivity index (χ0n) is 8.74. The molecule has 86 valence electrons. The van der Waals surface area contributed by atoms with Crippen LogP contribution in [0.2, 0.25) is 0 Å². The van der Waals surface area contributed by atoms with Gasteiger partial charge in [0.05, 0.1) is 6.10 Å². The van der Waals surface area contributed by atoms with Gasteiger partial charge in [0.25, 0.3) is 0 Å². The first-order valence-electron chi connectivity index (χ1n) is 4.74. The highest BCUT2D eigenvalue weighted by Crippen LogP contribution is 2.13. The smallest absolute Gasteiger partial charge is 0.331 e. The molecule has 0 saturated heterocycles. The molecule has 0 aliphatic heterocycles. The van der Waals surface area contributed by atoms with E-state index < -0.39 is 18.1 Å². The lowest BCUT2D eigenvalue weighted by Gasteiger charge is -2.09. The standard InChI is InChI=1S/C11H13NO4/c1-7(13)10(11(15)16)12-6-8-4-2-3-5-9(8)14/h2-7,10,13-14H,1H3,(H,15,16)/t7-,10-/m0/s1. The number of hydrogen-bond acceptors (Lipinski definition) is 4. The minimum absolute atomic E-state index is 0.0148. The molecule has 1 aromatic carbocycles. The van der Waals surface area contributed by atoms with E-state index in [9.17, 15) is 15.0 Å². The highest BCUT2D eigenvalue weighted by molar-refractivity contribution is 5.86. The molecule has 1 aromatic rings. The summed E-state index contributed by atoms with van der Waals surface area (Å²) in [5, 5.41) is 27.3. The Morgan fingerprint density at radius 1 is 1.44 bits per heavy atom. The number of carbonyl (C=O) groups is 1. The number of nitrogens with zero attached hydrogens (tertiary/aromatic N) is 1. The van der Waals surface area contributed by atoms with Gasteiger partial charge in [0.15, 0.2) is 6.04 Å². The van der Waals surface area contributed by atoms with Crippen molar-refractivity contribution in [2.45, 2.75) is 19.1 Å². The Morgan fingerprint density at radius 2 is 2.06 bits per heavy atom. The van der Waals surface area contributed by atoms with Gasteiger partial charge >= 0.3 is 5.97 Å². The molecule has 0 amide bonds. The Morgan fingerprint density at radius 3 is 2.56 bits per heavy atom. The summed E-state index contributed by atoms with van der Waals surface area (Å²) in [6.45, 7) is 1.35. The van der Waals surface area contributed by atoms with Gasteiger partial charge in [0.1, 0.15) is 5.75 Å². The van der Waals surface area contributed by atoms with Crippen LogP contribution in [0, 0.1) is 0 Å². The molecule has 0 heterocycles. The van der Waals surface area contributed by atoms with Gasteiger partial charge in [-0.15, -0.1) is 0 Å². The minimum Gasteiger partial charge on any atom is -0.507 e. The Balaban J connectivity index is 2.87. The van der Waals surface area contributed by atoms with E-state index in [2.05, 4.69) is 4.99 Å². The second kappa shape index (κ2) is 5.27. The number of carboxylic acids is 1. The molecule has 0 fully saturated rings. The number of para-hydroxylation sites is 1. The molecule has 3 N–H and O–H groups in total. The van der Waals surface area contributed by atoms with Crippen LogP contribution in [0.1, 0.15) is 12.5 Å². The predicted molar refractivity (Wildman–Crippen MR) is 58.8 cm³/mol. The molecule has 0 aliphatic carbocycles. The Labute approximate surface area is 92.7 Å². The molecule has 0 radical (unpaired) electrons. The fourth-order valence-corrected chi connectivity index (χ4v) is 1.15. The van der Waals surface area contributed by atoms with E-state index in [0.717, 1.165) is 0 Å². The normalized spacial score (nSPS) is 14.9. The van der Waals surface area contributed by atoms with Crippen LogP contribution >= 0.6 is 0 Å². The van der Waals surface area contributed by atoms with Crippen molar-refractivity contribution in [3.05, 3.63) is 29.8 Å². The lowest BCUT2D eigenvalue weighted by Crippen LogP contribution is -2.29. The Hall–Kier alpha value is -1.88. The topological polar surface area (TPSA) is 90.1 Å². The van der Waals surface area contributed by atoms with Crippen LogP contribution in [-0.4, -0.2) is 39.6 Å². The first-order valence-corrected chi connectivity index (χ1v) is 4.74. The molecule has 1 rings (SSSR count). The number of rotatable bonds is 4. The summed E-state index contributed by atoms with van der Waals surface area (Å²) in [6, 6.07) is 5.19. The van der Waals surface area contributed by atoms with Crippen molar-refractivity contribution < 1.29 is 20.1 Å². The number of aliphatic imine (C=N–C) groups is 1. The van der Waals surface area contributed by atoms with Gasteiger partial charge in [0, 0.05) is 11.8 Å². The third kappa shape index (κ3) is 3.06. The van der Waals surface area contributed by atoms with E-state index >= 15 is 0 Å². The second-order valence-electron chi connectivity index (χ2n) is 3.36. The molecule has 5 heteroatoms. The molecule has 5 nitrogen and oxygen atoms in total. The zero-order valence-corrected chi connectivity index (χ0v) is 8.74. The summed E-state index contributed by atoms with van der Waals surface area (Å²) in [6.07, 6.45) is 0.153. The number of aliphatic hydroxyl groups is 1. The summed E-state index contributed by atoms with van der Waals surface area (Å²) in [7, 11) is 0. The van der Waals surface area contributed by atoms with E-state index in [-0.39, 0.29) is 5.75 Å². The second-order valence-corrected chi connectivity index (χ2v) is 3.36. The van der Waals surface area contributed by atoms with E-state index in [4.69, 9.17) is 5.11 Å². The molecule has 0 aliphatic rings. The maximum atomic E-state index is 10.7. The highest BCUT2D eigenvalue weighted by atomic mass is 16.4. The van der Waals surface area contributed by atoms with Crippen molar-refractivity contribution in [1.29, 1.82) is 0 Å². The average Bonchev–Trinajstić information content (AvgIpc) is 2.20. The molecular formula is C11H13NO4. The van der Waals surface area contributed by atoms with Crippen LogP contribution in [-0.2, 0) is 4.79 Å². The fourth-order valence-electron chi connectivity index (χ4n) is 1.15. The third-order valence-electron chi connectivity index (χ3n) is 2.02. The predicted octanol–water partition coefficient (Wildman–Crippen LogP) is 0.645. The van der Waals surface area contributed by atoms with Crippen LogP contribution in [0.15, 0.2) is 29.3 Å². The quantitative estimate of drug-likeness (QED) is 0.653. The van der Waals surface area contributed by atoms with E-state index in [1.54, 1.807) is 18.2 Å². The van der Waals surface area contributed by atoms with Gasteiger partial charge in [-0.05, 0) is 19.1 Å². The number of aliphatic hydroxyl groups excluding tert-OH is 1. The highest BCUT2D eigenvalue weighted by Gasteiger charge is 2.21. The lowest BCUT2D eigenvalue weighted by atomic mass is 10.2. The molecule has 0 saturated carbocycles. The lowest BCUT2D eigenvalue weighted by molar-refractivity contribution is -0.140. The van der Waals surface area contributed by atoms with Gasteiger partial charge in [-0.2, -0.15) is 0 Å². The van der Waals surface area contributed by atoms with Crippen LogP contribution in [0.25, 0.3) is 0 Å². The van der Waals surface area contributed by atoms with Crippen molar-refractivity contribution in [1.82, 2.24) is 0 Å². The van der Waals surface area contributed by atoms with Crippen molar-refractivity contribution in [3.63, 3.8) is 0 Å². The van der Waals surface area contributed by atoms with Crippen LogP contribution in [0.3, 0.4) is 0 Å². The maximum Gasteiger partial charge on any atom is 0.331 e. The Kier molecular flexibility index (Phi) is 4.02. The van der Waals surface area contributed by atoms with Crippen molar-refractivity contribution in [2.24, 2.45) is 4.99 Å². The zero-order chi connectivity index (χ0) is 12.1. The van der Waals surface area contributed by atoms with Gasteiger partial charge < -0.3 is 15.3 Å². The summed E-state index contributed by atoms with van der Waals surface area (Å²) in [5.41, 5.74) is 0.411. The number of hydrogen-bond donors (Lipinski definition) is 3. The molecule has 0 unspecified atom stereocenters. The molecule has 16 heavy (non-hydrogen) atoms. The molecule has 0 spiro atoms. The monoisotopic (exact) mass is 223 g/mol. The van der Waals surface area contributed by atoms with Gasteiger partial charge in [-0.1, -0.05) is 12.1 Å². The van der Waals surface area contributed by atoms with Crippen LogP contribution < -0.4 is 0 Å². The maximum absolute atomic E-state index is 10.7. The number of benzene rings is 1. The number of aliphatic carboxylic acids is 1. The van der Waals surface area contributed by atoms with E-state index in [1.807, 2.05) is 0 Å². The molecule has 0 aromatic heterocycles. The summed E-state index contributed by atoms with van der Waals surface area (Å²) >= 11 is 0. The van der Waals surface area contributed by atoms with Crippen LogP contribution in [0.4, 0.5) is 0 Å².